The van der Waals surface area contributed by atoms with Crippen molar-refractivity contribution in [1.29, 1.82) is 0 Å². The fourth-order valence-electron chi connectivity index (χ4n) is 4.67. The van der Waals surface area contributed by atoms with Crippen molar-refractivity contribution in [2.75, 3.05) is 17.1 Å². The molecule has 3 aromatic rings. The Balaban J connectivity index is 1.93. The van der Waals surface area contributed by atoms with Gasteiger partial charge in [-0.25, -0.2) is 8.42 Å². The fourth-order valence-corrected chi connectivity index (χ4v) is 6.15. The maximum atomic E-state index is 14.0. The molecule has 1 N–H and O–H groups in total. The van der Waals surface area contributed by atoms with Crippen molar-refractivity contribution in [2.45, 2.75) is 65.6 Å². The monoisotopic (exact) mass is 631 g/mol. The lowest BCUT2D eigenvalue weighted by molar-refractivity contribution is -0.141. The van der Waals surface area contributed by atoms with E-state index in [1.54, 1.807) is 24.3 Å². The number of hydrogen-bond acceptors (Lipinski definition) is 4. The zero-order valence-corrected chi connectivity index (χ0v) is 27.1. The topological polar surface area (TPSA) is 86.8 Å². The SMILES string of the molecule is Cc1ccc(N(CCCC(=O)N(Cc2c(Cl)cccc2Cl)[C@@H](Cc2ccccc2)C(=O)NC(C)C)S(C)(=O)=O)cc1C. The van der Waals surface area contributed by atoms with Crippen molar-refractivity contribution in [3.63, 3.8) is 0 Å². The van der Waals surface area contributed by atoms with Crippen LogP contribution < -0.4 is 9.62 Å². The molecule has 0 bridgehead atoms. The predicted molar refractivity (Wildman–Crippen MR) is 172 cm³/mol. The third-order valence-corrected chi connectivity index (χ3v) is 8.93. The van der Waals surface area contributed by atoms with Crippen molar-refractivity contribution in [1.82, 2.24) is 10.2 Å². The molecule has 0 saturated carbocycles. The van der Waals surface area contributed by atoms with Gasteiger partial charge in [0.2, 0.25) is 21.8 Å². The summed E-state index contributed by atoms with van der Waals surface area (Å²) in [5.41, 5.74) is 4.01. The van der Waals surface area contributed by atoms with E-state index in [1.165, 1.54) is 9.21 Å². The molecule has 0 fully saturated rings. The van der Waals surface area contributed by atoms with Gasteiger partial charge in [0.1, 0.15) is 6.04 Å². The molecule has 1 atom stereocenters. The van der Waals surface area contributed by atoms with Crippen molar-refractivity contribution in [2.24, 2.45) is 0 Å². The molecule has 7 nitrogen and oxygen atoms in total. The summed E-state index contributed by atoms with van der Waals surface area (Å²) in [5.74, 6) is -0.599. The highest BCUT2D eigenvalue weighted by atomic mass is 35.5. The van der Waals surface area contributed by atoms with Crippen LogP contribution in [0.2, 0.25) is 10.0 Å². The van der Waals surface area contributed by atoms with Gasteiger partial charge in [0.25, 0.3) is 0 Å². The minimum Gasteiger partial charge on any atom is -0.352 e. The van der Waals surface area contributed by atoms with E-state index >= 15 is 0 Å². The number of halogens is 2. The summed E-state index contributed by atoms with van der Waals surface area (Å²) in [6.07, 6.45) is 1.70. The highest BCUT2D eigenvalue weighted by Crippen LogP contribution is 2.28. The van der Waals surface area contributed by atoms with Crippen LogP contribution in [-0.2, 0) is 32.6 Å². The highest BCUT2D eigenvalue weighted by Gasteiger charge is 2.31. The second-order valence-corrected chi connectivity index (χ2v) is 13.5. The number of nitrogens with one attached hydrogen (secondary N) is 1. The van der Waals surface area contributed by atoms with Gasteiger partial charge in [0.15, 0.2) is 0 Å². The zero-order valence-electron chi connectivity index (χ0n) is 24.7. The van der Waals surface area contributed by atoms with Crippen molar-refractivity contribution >= 4 is 50.7 Å². The Morgan fingerprint density at radius 1 is 0.905 bits per heavy atom. The van der Waals surface area contributed by atoms with E-state index in [-0.39, 0.29) is 50.2 Å². The molecule has 0 aromatic heterocycles. The standard InChI is InChI=1S/C32H39Cl2N3O4S/c1-22(2)35-32(39)30(20-25-11-7-6-8-12-25)36(21-27-28(33)13-9-14-29(27)34)31(38)15-10-18-37(42(5,40)41)26-17-16-23(3)24(4)19-26/h6-9,11-14,16-17,19,22,30H,10,15,18,20-21H2,1-5H3,(H,35,39)/t30-/m0/s1. The molecule has 0 aliphatic heterocycles. The maximum absolute atomic E-state index is 14.0. The number of sulfonamides is 1. The largest absolute Gasteiger partial charge is 0.352 e. The van der Waals surface area contributed by atoms with Crippen LogP contribution >= 0.6 is 23.2 Å². The number of hydrogen-bond donors (Lipinski definition) is 1. The van der Waals surface area contributed by atoms with Crippen LogP contribution in [0, 0.1) is 13.8 Å². The molecule has 0 unspecified atom stereocenters. The first-order chi connectivity index (χ1) is 19.8. The molecule has 0 aliphatic carbocycles. The average molecular weight is 633 g/mol. The molecule has 10 heteroatoms. The first kappa shape index (κ1) is 33.4. The van der Waals surface area contributed by atoms with Crippen molar-refractivity contribution in [3.8, 4) is 0 Å². The zero-order chi connectivity index (χ0) is 31.0. The third-order valence-electron chi connectivity index (χ3n) is 7.02. The van der Waals surface area contributed by atoms with Crippen LogP contribution in [-0.4, -0.2) is 50.0 Å². The maximum Gasteiger partial charge on any atom is 0.243 e. The quantitative estimate of drug-likeness (QED) is 0.239. The molecule has 3 rings (SSSR count). The van der Waals surface area contributed by atoms with Gasteiger partial charge in [-0.1, -0.05) is 65.7 Å². The summed E-state index contributed by atoms with van der Waals surface area (Å²) >= 11 is 13.0. The van der Waals surface area contributed by atoms with E-state index in [4.69, 9.17) is 23.2 Å². The van der Waals surface area contributed by atoms with E-state index in [9.17, 15) is 18.0 Å². The van der Waals surface area contributed by atoms with Gasteiger partial charge in [0, 0.05) is 47.6 Å². The number of carbonyl (C=O) groups excluding carboxylic acids is 2. The van der Waals surface area contributed by atoms with E-state index in [0.29, 0.717) is 21.3 Å². The minimum atomic E-state index is -3.60. The average Bonchev–Trinajstić information content (AvgIpc) is 2.91. The Labute approximate surface area is 259 Å². The number of amides is 2. The number of rotatable bonds is 13. The smallest absolute Gasteiger partial charge is 0.243 e. The molecule has 0 spiro atoms. The van der Waals surface area contributed by atoms with Crippen LogP contribution in [0.25, 0.3) is 0 Å². The summed E-state index contributed by atoms with van der Waals surface area (Å²) in [5, 5.41) is 3.73. The second-order valence-electron chi connectivity index (χ2n) is 10.8. The molecular formula is C32H39Cl2N3O4S. The first-order valence-electron chi connectivity index (χ1n) is 13.9. The summed E-state index contributed by atoms with van der Waals surface area (Å²) in [7, 11) is -3.60. The summed E-state index contributed by atoms with van der Waals surface area (Å²) in [6.45, 7) is 7.74. The lowest BCUT2D eigenvalue weighted by Gasteiger charge is -2.33. The number of benzene rings is 3. The predicted octanol–water partition coefficient (Wildman–Crippen LogP) is 6.32. The van der Waals surface area contributed by atoms with Gasteiger partial charge in [-0.15, -0.1) is 0 Å². The minimum absolute atomic E-state index is 0.0131. The van der Waals surface area contributed by atoms with Crippen LogP contribution in [0.1, 0.15) is 48.9 Å². The number of nitrogens with zero attached hydrogens (tertiary/aromatic N) is 2. The Morgan fingerprint density at radius 3 is 2.12 bits per heavy atom. The number of carbonyl (C=O) groups is 2. The molecule has 0 heterocycles. The van der Waals surface area contributed by atoms with Crippen LogP contribution in [0.3, 0.4) is 0 Å². The van der Waals surface area contributed by atoms with Crippen LogP contribution in [0.4, 0.5) is 5.69 Å². The van der Waals surface area contributed by atoms with Gasteiger partial charge in [-0.05, 0) is 75.1 Å². The van der Waals surface area contributed by atoms with Gasteiger partial charge < -0.3 is 10.2 Å². The summed E-state index contributed by atoms with van der Waals surface area (Å²) in [6, 6.07) is 19.1. The van der Waals surface area contributed by atoms with Gasteiger partial charge in [-0.2, -0.15) is 0 Å². The first-order valence-corrected chi connectivity index (χ1v) is 16.5. The van der Waals surface area contributed by atoms with E-state index < -0.39 is 16.1 Å². The highest BCUT2D eigenvalue weighted by molar-refractivity contribution is 7.92. The van der Waals surface area contributed by atoms with Crippen LogP contribution in [0.15, 0.2) is 66.7 Å². The normalized spacial score (nSPS) is 12.2. The summed E-state index contributed by atoms with van der Waals surface area (Å²) in [4.78, 5) is 29.0. The molecule has 0 aliphatic rings. The van der Waals surface area contributed by atoms with Gasteiger partial charge >= 0.3 is 0 Å². The van der Waals surface area contributed by atoms with Crippen LogP contribution in [0.5, 0.6) is 0 Å². The second kappa shape index (κ2) is 14.9. The lowest BCUT2D eigenvalue weighted by atomic mass is 10.0. The molecule has 0 radical (unpaired) electrons. The molecule has 226 valence electrons. The van der Waals surface area contributed by atoms with E-state index in [0.717, 1.165) is 22.9 Å². The Kier molecular flexibility index (Phi) is 11.9. The van der Waals surface area contributed by atoms with E-state index in [2.05, 4.69) is 5.32 Å². The van der Waals surface area contributed by atoms with E-state index in [1.807, 2.05) is 70.2 Å². The number of anilines is 1. The Morgan fingerprint density at radius 2 is 1.55 bits per heavy atom. The molecule has 2 amide bonds. The molecule has 42 heavy (non-hydrogen) atoms. The Hall–Kier alpha value is -3.07. The summed E-state index contributed by atoms with van der Waals surface area (Å²) < 4.78 is 26.7. The third kappa shape index (κ3) is 9.21. The Bertz CT molecular complexity index is 1480. The number of aryl methyl sites for hydroxylation is 2. The molecular weight excluding hydrogens is 593 g/mol. The van der Waals surface area contributed by atoms with Gasteiger partial charge in [-0.3, -0.25) is 13.9 Å². The lowest BCUT2D eigenvalue weighted by Crippen LogP contribution is -2.52. The van der Waals surface area contributed by atoms with Gasteiger partial charge in [0.05, 0.1) is 11.9 Å². The van der Waals surface area contributed by atoms with Crippen molar-refractivity contribution < 1.29 is 18.0 Å². The molecule has 0 saturated heterocycles. The fraction of sp³-hybridized carbons (Fsp3) is 0.375. The molecule has 3 aromatic carbocycles. The van der Waals surface area contributed by atoms with Crippen molar-refractivity contribution in [3.05, 3.63) is 99.0 Å².